The number of carbonyl (C=O) groups is 2. The SMILES string of the molecule is Cc1ccc(CC(=O)[C@@H](CC(=O)O)Cc2noc(C3CC(CC(C)(C)C)C3)c2C2CC2)c(Cl)c1. The van der Waals surface area contributed by atoms with Crippen molar-refractivity contribution in [2.75, 3.05) is 0 Å². The zero-order valence-electron chi connectivity index (χ0n) is 20.7. The third kappa shape index (κ3) is 6.10. The van der Waals surface area contributed by atoms with Gasteiger partial charge in [0, 0.05) is 35.3 Å². The minimum absolute atomic E-state index is 0.117. The molecule has 6 heteroatoms. The van der Waals surface area contributed by atoms with Crippen LogP contribution in [-0.2, 0) is 22.4 Å². The summed E-state index contributed by atoms with van der Waals surface area (Å²) in [5.41, 5.74) is 4.03. The molecule has 1 atom stereocenters. The first kappa shape index (κ1) is 25.0. The van der Waals surface area contributed by atoms with Gasteiger partial charge in [0.1, 0.15) is 11.5 Å². The first-order valence-corrected chi connectivity index (χ1v) is 12.9. The molecule has 2 aliphatic rings. The molecule has 2 aromatic rings. The van der Waals surface area contributed by atoms with Crippen molar-refractivity contribution in [1.82, 2.24) is 5.16 Å². The molecule has 0 saturated heterocycles. The normalized spacial score (nSPS) is 21.2. The Labute approximate surface area is 207 Å². The number of hydrogen-bond acceptors (Lipinski definition) is 4. The van der Waals surface area contributed by atoms with Crippen LogP contribution in [0.2, 0.25) is 5.02 Å². The highest BCUT2D eigenvalue weighted by molar-refractivity contribution is 6.31. The first-order valence-electron chi connectivity index (χ1n) is 12.5. The molecule has 1 N–H and O–H groups in total. The first-order chi connectivity index (χ1) is 16.0. The Bertz CT molecular complexity index is 1060. The zero-order chi connectivity index (χ0) is 24.6. The Morgan fingerprint density at radius 1 is 1.21 bits per heavy atom. The summed E-state index contributed by atoms with van der Waals surface area (Å²) in [5.74, 6) is 0.786. The Hall–Kier alpha value is -2.14. The second-order valence-electron chi connectivity index (χ2n) is 11.7. The number of aromatic nitrogens is 1. The molecule has 0 radical (unpaired) electrons. The summed E-state index contributed by atoms with van der Waals surface area (Å²) >= 11 is 6.34. The van der Waals surface area contributed by atoms with E-state index in [1.54, 1.807) is 0 Å². The van der Waals surface area contributed by atoms with Gasteiger partial charge in [0.15, 0.2) is 0 Å². The van der Waals surface area contributed by atoms with Gasteiger partial charge in [-0.1, -0.05) is 49.7 Å². The van der Waals surface area contributed by atoms with Gasteiger partial charge in [0.05, 0.1) is 12.1 Å². The van der Waals surface area contributed by atoms with Gasteiger partial charge in [-0.2, -0.15) is 0 Å². The second-order valence-corrected chi connectivity index (χ2v) is 12.1. The van der Waals surface area contributed by atoms with E-state index >= 15 is 0 Å². The standard InChI is InChI=1S/C28H36ClNO4/c1-16-5-6-19(22(29)9-16)13-24(31)20(14-25(32)33)12-23-26(18-7-8-18)27(34-30-23)21-10-17(11-21)15-28(2,3)4/h5-6,9,17-18,20-21H,7-8,10-15H2,1-4H3,(H,32,33)/t17?,20-,21?/m1/s1. The fourth-order valence-corrected chi connectivity index (χ4v) is 5.75. The van der Waals surface area contributed by atoms with Gasteiger partial charge in [0.25, 0.3) is 0 Å². The molecule has 4 rings (SSSR count). The van der Waals surface area contributed by atoms with E-state index in [0.717, 1.165) is 53.8 Å². The number of ketones is 1. The van der Waals surface area contributed by atoms with Crippen LogP contribution in [0, 0.1) is 24.2 Å². The zero-order valence-corrected chi connectivity index (χ0v) is 21.5. The molecule has 0 bridgehead atoms. The average Bonchev–Trinajstić information content (AvgIpc) is 3.45. The minimum Gasteiger partial charge on any atom is -0.481 e. The van der Waals surface area contributed by atoms with Crippen molar-refractivity contribution < 1.29 is 19.2 Å². The number of Topliss-reactive ketones (excluding diaryl/α,β-unsaturated/α-hetero) is 1. The van der Waals surface area contributed by atoms with Crippen molar-refractivity contribution in [3.8, 4) is 0 Å². The van der Waals surface area contributed by atoms with Crippen LogP contribution in [-0.4, -0.2) is 22.0 Å². The monoisotopic (exact) mass is 485 g/mol. The van der Waals surface area contributed by atoms with Crippen molar-refractivity contribution in [3.63, 3.8) is 0 Å². The van der Waals surface area contributed by atoms with Crippen LogP contribution in [0.3, 0.4) is 0 Å². The number of benzene rings is 1. The summed E-state index contributed by atoms with van der Waals surface area (Å²) in [6.45, 7) is 8.80. The van der Waals surface area contributed by atoms with Gasteiger partial charge in [-0.25, -0.2) is 0 Å². The van der Waals surface area contributed by atoms with Gasteiger partial charge in [0.2, 0.25) is 0 Å². The number of aryl methyl sites for hydroxylation is 1. The van der Waals surface area contributed by atoms with E-state index in [-0.39, 0.29) is 18.6 Å². The molecule has 0 amide bonds. The number of hydrogen-bond donors (Lipinski definition) is 1. The lowest BCUT2D eigenvalue weighted by molar-refractivity contribution is -0.140. The number of carbonyl (C=O) groups excluding carboxylic acids is 1. The second kappa shape index (κ2) is 9.85. The maximum Gasteiger partial charge on any atom is 0.304 e. The van der Waals surface area contributed by atoms with E-state index in [0.29, 0.717) is 34.6 Å². The minimum atomic E-state index is -0.978. The lowest BCUT2D eigenvalue weighted by Gasteiger charge is -2.38. The predicted octanol–water partition coefficient (Wildman–Crippen LogP) is 6.89. The third-order valence-corrected chi connectivity index (χ3v) is 7.56. The smallest absolute Gasteiger partial charge is 0.304 e. The van der Waals surface area contributed by atoms with Crippen LogP contribution < -0.4 is 0 Å². The number of aliphatic carboxylic acids is 1. The molecular formula is C28H36ClNO4. The van der Waals surface area contributed by atoms with Crippen LogP contribution in [0.5, 0.6) is 0 Å². The molecular weight excluding hydrogens is 450 g/mol. The maximum atomic E-state index is 13.2. The van der Waals surface area contributed by atoms with Crippen LogP contribution in [0.15, 0.2) is 22.7 Å². The van der Waals surface area contributed by atoms with Gasteiger partial charge in [-0.3, -0.25) is 9.59 Å². The molecule has 0 unspecified atom stereocenters. The highest BCUT2D eigenvalue weighted by atomic mass is 35.5. The van der Waals surface area contributed by atoms with Crippen molar-refractivity contribution in [1.29, 1.82) is 0 Å². The number of nitrogens with zero attached hydrogens (tertiary/aromatic N) is 1. The molecule has 5 nitrogen and oxygen atoms in total. The number of carboxylic acids is 1. The summed E-state index contributed by atoms with van der Waals surface area (Å²) < 4.78 is 5.89. The lowest BCUT2D eigenvalue weighted by atomic mass is 9.67. The fourth-order valence-electron chi connectivity index (χ4n) is 5.45. The molecule has 184 valence electrons. The largest absolute Gasteiger partial charge is 0.481 e. The number of rotatable bonds is 10. The number of halogens is 1. The van der Waals surface area contributed by atoms with Gasteiger partial charge in [-0.05, 0) is 73.5 Å². The molecule has 2 saturated carbocycles. The summed E-state index contributed by atoms with van der Waals surface area (Å²) in [7, 11) is 0. The van der Waals surface area contributed by atoms with E-state index < -0.39 is 11.9 Å². The summed E-state index contributed by atoms with van der Waals surface area (Å²) in [6.07, 6.45) is 5.88. The van der Waals surface area contributed by atoms with E-state index in [2.05, 4.69) is 25.9 Å². The molecule has 1 aromatic heterocycles. The molecule has 2 aliphatic carbocycles. The molecule has 0 spiro atoms. The van der Waals surface area contributed by atoms with Crippen LogP contribution in [0.1, 0.15) is 99.3 Å². The quantitative estimate of drug-likeness (QED) is 0.396. The fraction of sp³-hybridized carbons (Fsp3) is 0.607. The Morgan fingerprint density at radius 2 is 1.91 bits per heavy atom. The average molecular weight is 486 g/mol. The molecule has 0 aliphatic heterocycles. The van der Waals surface area contributed by atoms with E-state index in [9.17, 15) is 14.7 Å². The number of carboxylic acid groups (broad SMARTS) is 1. The maximum absolute atomic E-state index is 13.2. The molecule has 1 heterocycles. The van der Waals surface area contributed by atoms with Crippen molar-refractivity contribution in [2.45, 2.75) is 90.9 Å². The molecule has 1 aromatic carbocycles. The molecule has 2 fully saturated rings. The lowest BCUT2D eigenvalue weighted by Crippen LogP contribution is -2.26. The van der Waals surface area contributed by atoms with Crippen molar-refractivity contribution in [2.24, 2.45) is 17.3 Å². The highest BCUT2D eigenvalue weighted by Crippen LogP contribution is 2.52. The topological polar surface area (TPSA) is 80.4 Å². The van der Waals surface area contributed by atoms with Crippen LogP contribution in [0.4, 0.5) is 0 Å². The summed E-state index contributed by atoms with van der Waals surface area (Å²) in [4.78, 5) is 24.8. The summed E-state index contributed by atoms with van der Waals surface area (Å²) in [6, 6.07) is 5.60. The Kier molecular flexibility index (Phi) is 7.23. The van der Waals surface area contributed by atoms with E-state index in [1.807, 2.05) is 25.1 Å². The third-order valence-electron chi connectivity index (χ3n) is 7.21. The predicted molar refractivity (Wildman–Crippen MR) is 132 cm³/mol. The molecule has 34 heavy (non-hydrogen) atoms. The van der Waals surface area contributed by atoms with E-state index in [4.69, 9.17) is 16.1 Å². The van der Waals surface area contributed by atoms with Crippen molar-refractivity contribution >= 4 is 23.4 Å². The Morgan fingerprint density at radius 3 is 2.50 bits per heavy atom. The Balaban J connectivity index is 1.49. The van der Waals surface area contributed by atoms with Crippen molar-refractivity contribution in [3.05, 3.63) is 51.4 Å². The van der Waals surface area contributed by atoms with Crippen LogP contribution in [0.25, 0.3) is 0 Å². The highest BCUT2D eigenvalue weighted by Gasteiger charge is 2.41. The van der Waals surface area contributed by atoms with Gasteiger partial charge >= 0.3 is 5.97 Å². The van der Waals surface area contributed by atoms with Gasteiger partial charge < -0.3 is 9.63 Å². The van der Waals surface area contributed by atoms with Gasteiger partial charge in [-0.15, -0.1) is 0 Å². The van der Waals surface area contributed by atoms with E-state index in [1.165, 1.54) is 6.42 Å². The summed E-state index contributed by atoms with van der Waals surface area (Å²) in [5, 5.41) is 14.4. The van der Waals surface area contributed by atoms with Crippen LogP contribution >= 0.6 is 11.6 Å².